The zero-order valence-corrected chi connectivity index (χ0v) is 15.4. The number of nitrogens with one attached hydrogen (secondary N) is 1. The number of benzene rings is 1. The van der Waals surface area contributed by atoms with Crippen molar-refractivity contribution in [1.29, 1.82) is 5.26 Å². The van der Waals surface area contributed by atoms with E-state index in [9.17, 15) is 4.79 Å². The first-order valence-corrected chi connectivity index (χ1v) is 9.57. The minimum Gasteiger partial charge on any atom is -0.326 e. The molecule has 7 heteroatoms. The molecule has 0 aliphatic rings. The molecule has 0 aliphatic heterocycles. The van der Waals surface area contributed by atoms with Crippen LogP contribution in [0, 0.1) is 11.3 Å². The smallest absolute Gasteiger partial charge is 0.234 e. The van der Waals surface area contributed by atoms with Gasteiger partial charge in [0.15, 0.2) is 5.16 Å². The van der Waals surface area contributed by atoms with Gasteiger partial charge in [0, 0.05) is 35.5 Å². The molecule has 0 aliphatic carbocycles. The molecule has 1 amide bonds. The summed E-state index contributed by atoms with van der Waals surface area (Å²) in [5.74, 6) is 0.246. The summed E-state index contributed by atoms with van der Waals surface area (Å²) in [5.41, 5.74) is 0.789. The van der Waals surface area contributed by atoms with E-state index in [1.165, 1.54) is 11.8 Å². The summed E-state index contributed by atoms with van der Waals surface area (Å²) in [4.78, 5) is 17.5. The van der Waals surface area contributed by atoms with Gasteiger partial charge in [0.2, 0.25) is 5.91 Å². The van der Waals surface area contributed by atoms with Crippen molar-refractivity contribution in [2.24, 2.45) is 0 Å². The van der Waals surface area contributed by atoms with Crippen molar-refractivity contribution in [3.05, 3.63) is 36.7 Å². The van der Waals surface area contributed by atoms with Crippen LogP contribution in [-0.4, -0.2) is 26.5 Å². The van der Waals surface area contributed by atoms with E-state index in [1.54, 1.807) is 18.0 Å². The van der Waals surface area contributed by atoms with Crippen molar-refractivity contribution < 1.29 is 4.79 Å². The molecule has 1 heterocycles. The number of hydrogen-bond donors (Lipinski definition) is 1. The third-order valence-corrected chi connectivity index (χ3v) is 5.40. The van der Waals surface area contributed by atoms with E-state index in [0.29, 0.717) is 12.2 Å². The number of rotatable bonds is 8. The van der Waals surface area contributed by atoms with Gasteiger partial charge in [-0.15, -0.1) is 11.8 Å². The van der Waals surface area contributed by atoms with Gasteiger partial charge < -0.3 is 9.88 Å². The van der Waals surface area contributed by atoms with Gasteiger partial charge in [-0.05, 0) is 19.1 Å². The number of aromatic nitrogens is 2. The highest BCUT2D eigenvalue weighted by Gasteiger charge is 2.12. The highest BCUT2D eigenvalue weighted by atomic mass is 32.2. The fourth-order valence-electron chi connectivity index (χ4n) is 2.05. The minimum atomic E-state index is -0.0633. The van der Waals surface area contributed by atoms with Crippen molar-refractivity contribution in [2.45, 2.75) is 42.1 Å². The molecule has 1 atom stereocenters. The lowest BCUT2D eigenvalue weighted by atomic mass is 10.3. The van der Waals surface area contributed by atoms with Crippen molar-refractivity contribution in [2.75, 3.05) is 11.1 Å². The van der Waals surface area contributed by atoms with Gasteiger partial charge in [-0.25, -0.2) is 4.98 Å². The third-order valence-electron chi connectivity index (χ3n) is 3.22. The number of carbonyl (C=O) groups is 1. The highest BCUT2D eigenvalue weighted by molar-refractivity contribution is 8.00. The summed E-state index contributed by atoms with van der Waals surface area (Å²) in [7, 11) is 0. The quantitative estimate of drug-likeness (QED) is 0.720. The predicted molar refractivity (Wildman–Crippen MR) is 99.2 cm³/mol. The van der Waals surface area contributed by atoms with Gasteiger partial charge in [0.1, 0.15) is 0 Å². The number of hydrogen-bond acceptors (Lipinski definition) is 5. The van der Waals surface area contributed by atoms with Gasteiger partial charge in [-0.3, -0.25) is 4.79 Å². The average molecular weight is 361 g/mol. The van der Waals surface area contributed by atoms with Crippen LogP contribution in [0.1, 0.15) is 20.3 Å². The summed E-state index contributed by atoms with van der Waals surface area (Å²) < 4.78 is 2.01. The molecular weight excluding hydrogens is 340 g/mol. The molecule has 5 nitrogen and oxygen atoms in total. The monoisotopic (exact) mass is 360 g/mol. The lowest BCUT2D eigenvalue weighted by Gasteiger charge is -2.13. The van der Waals surface area contributed by atoms with Crippen molar-refractivity contribution in [1.82, 2.24) is 9.55 Å². The number of amides is 1. The van der Waals surface area contributed by atoms with Crippen LogP contribution in [0.3, 0.4) is 0 Å². The molecule has 0 saturated carbocycles. The molecule has 1 aromatic carbocycles. The Bertz CT molecular complexity index is 723. The number of nitrogens with zero attached hydrogens (tertiary/aromatic N) is 3. The Morgan fingerprint density at radius 3 is 3.00 bits per heavy atom. The van der Waals surface area contributed by atoms with Gasteiger partial charge in [-0.2, -0.15) is 5.26 Å². The van der Waals surface area contributed by atoms with Crippen molar-refractivity contribution >= 4 is 35.1 Å². The topological polar surface area (TPSA) is 70.7 Å². The number of imidazole rings is 1. The molecule has 0 unspecified atom stereocenters. The van der Waals surface area contributed by atoms with Crippen molar-refractivity contribution in [3.63, 3.8) is 0 Å². The normalized spacial score (nSPS) is 11.7. The number of thioether (sulfide) groups is 2. The molecule has 1 N–H and O–H groups in total. The van der Waals surface area contributed by atoms with Gasteiger partial charge in [-0.1, -0.05) is 30.8 Å². The first-order valence-electron chi connectivity index (χ1n) is 7.70. The Labute approximate surface area is 150 Å². The lowest BCUT2D eigenvalue weighted by molar-refractivity contribution is -0.113. The van der Waals surface area contributed by atoms with Gasteiger partial charge in [0.05, 0.1) is 17.5 Å². The molecule has 0 radical (unpaired) electrons. The summed E-state index contributed by atoms with van der Waals surface area (Å²) in [5, 5.41) is 12.8. The first kappa shape index (κ1) is 18.4. The summed E-state index contributed by atoms with van der Waals surface area (Å²) in [6, 6.07) is 9.85. The summed E-state index contributed by atoms with van der Waals surface area (Å²) in [6.07, 6.45) is 4.12. The van der Waals surface area contributed by atoms with Crippen LogP contribution in [0.25, 0.3) is 0 Å². The minimum absolute atomic E-state index is 0.0633. The largest absolute Gasteiger partial charge is 0.326 e. The van der Waals surface area contributed by atoms with E-state index in [2.05, 4.69) is 16.4 Å². The average Bonchev–Trinajstić information content (AvgIpc) is 3.02. The van der Waals surface area contributed by atoms with Crippen LogP contribution in [0.2, 0.25) is 0 Å². The molecule has 126 valence electrons. The Kier molecular flexibility index (Phi) is 7.22. The molecule has 1 aromatic heterocycles. The highest BCUT2D eigenvalue weighted by Crippen LogP contribution is 2.31. The van der Waals surface area contributed by atoms with E-state index in [1.807, 2.05) is 48.9 Å². The number of anilines is 1. The Morgan fingerprint density at radius 2 is 2.25 bits per heavy atom. The van der Waals surface area contributed by atoms with Crippen LogP contribution in [0.4, 0.5) is 5.69 Å². The zero-order chi connectivity index (χ0) is 17.4. The SMILES string of the molecule is CCn1ccnc1SCC(=O)Nc1ccccc1S[C@@H](C)CC#N. The molecule has 0 fully saturated rings. The molecular formula is C17H20N4OS2. The first-order chi connectivity index (χ1) is 11.6. The Morgan fingerprint density at radius 1 is 1.46 bits per heavy atom. The predicted octanol–water partition coefficient (Wildman–Crippen LogP) is 4.03. The van der Waals surface area contributed by atoms with Crippen LogP contribution >= 0.6 is 23.5 Å². The van der Waals surface area contributed by atoms with Gasteiger partial charge >= 0.3 is 0 Å². The second-order valence-corrected chi connectivity index (χ2v) is 7.54. The molecule has 0 bridgehead atoms. The van der Waals surface area contributed by atoms with Crippen LogP contribution in [0.5, 0.6) is 0 Å². The van der Waals surface area contributed by atoms with Crippen LogP contribution < -0.4 is 5.32 Å². The number of carbonyl (C=O) groups excluding carboxylic acids is 1. The van der Waals surface area contributed by atoms with Crippen LogP contribution in [0.15, 0.2) is 46.7 Å². The lowest BCUT2D eigenvalue weighted by Crippen LogP contribution is -2.15. The Balaban J connectivity index is 1.95. The summed E-state index contributed by atoms with van der Waals surface area (Å²) in [6.45, 7) is 4.88. The van der Waals surface area contributed by atoms with E-state index in [0.717, 1.165) is 22.3 Å². The van der Waals surface area contributed by atoms with E-state index in [4.69, 9.17) is 5.26 Å². The fourth-order valence-corrected chi connectivity index (χ4v) is 3.87. The summed E-state index contributed by atoms with van der Waals surface area (Å²) >= 11 is 3.02. The maximum absolute atomic E-state index is 12.2. The van der Waals surface area contributed by atoms with Crippen molar-refractivity contribution in [3.8, 4) is 6.07 Å². The maximum Gasteiger partial charge on any atom is 0.234 e. The standard InChI is InChI=1S/C17H20N4OS2/c1-3-21-11-10-19-17(21)23-12-16(22)20-14-6-4-5-7-15(14)24-13(2)8-9-18/h4-7,10-11,13H,3,8,12H2,1-2H3,(H,20,22)/t13-/m0/s1. The Hall–Kier alpha value is -1.91. The van der Waals surface area contributed by atoms with Crippen LogP contribution in [-0.2, 0) is 11.3 Å². The zero-order valence-electron chi connectivity index (χ0n) is 13.7. The molecule has 0 spiro atoms. The number of para-hydroxylation sites is 1. The van der Waals surface area contributed by atoms with E-state index < -0.39 is 0 Å². The molecule has 2 rings (SSSR count). The maximum atomic E-state index is 12.2. The number of aryl methyl sites for hydroxylation is 1. The molecule has 2 aromatic rings. The number of nitriles is 1. The second kappa shape index (κ2) is 9.40. The van der Waals surface area contributed by atoms with E-state index >= 15 is 0 Å². The third kappa shape index (κ3) is 5.32. The fraction of sp³-hybridized carbons (Fsp3) is 0.353. The molecule has 24 heavy (non-hydrogen) atoms. The molecule has 0 saturated heterocycles. The van der Waals surface area contributed by atoms with Gasteiger partial charge in [0.25, 0.3) is 0 Å². The second-order valence-electron chi connectivity index (χ2n) is 5.12. The van der Waals surface area contributed by atoms with E-state index in [-0.39, 0.29) is 11.2 Å².